The predicted molar refractivity (Wildman–Crippen MR) is 201 cm³/mol. The molecule has 0 aromatic heterocycles. The van der Waals surface area contributed by atoms with Gasteiger partial charge in [0.1, 0.15) is 0 Å². The maximum absolute atomic E-state index is 2.55. The third-order valence-electron chi connectivity index (χ3n) is 10.0. The molecule has 0 aliphatic carbocycles. The quantitative estimate of drug-likeness (QED) is 0.136. The van der Waals surface area contributed by atoms with Crippen molar-refractivity contribution in [3.05, 3.63) is 125 Å². The number of rotatable bonds is 11. The number of hydrogen-bond acceptors (Lipinski definition) is 2. The molecule has 3 heteroatoms. The molecule has 2 aliphatic rings. The first-order chi connectivity index (χ1) is 22.6. The first kappa shape index (κ1) is 30.4. The zero-order chi connectivity index (χ0) is 31.6. The number of hydrogen-bond donors (Lipinski definition) is 0. The van der Waals surface area contributed by atoms with Crippen LogP contribution in [0.25, 0.3) is 0 Å². The van der Waals surface area contributed by atoms with Gasteiger partial charge in [0.2, 0.25) is 0 Å². The van der Waals surface area contributed by atoms with Crippen molar-refractivity contribution in [2.45, 2.75) is 85.5 Å². The molecule has 5 aromatic rings. The van der Waals surface area contributed by atoms with Crippen molar-refractivity contribution in [1.82, 2.24) is 0 Å². The van der Waals surface area contributed by atoms with E-state index in [0.717, 1.165) is 19.3 Å². The van der Waals surface area contributed by atoms with Crippen LogP contribution in [0, 0.1) is 6.92 Å². The summed E-state index contributed by atoms with van der Waals surface area (Å²) < 4.78 is 0. The van der Waals surface area contributed by atoms with Crippen molar-refractivity contribution in [2.75, 3.05) is 9.80 Å². The van der Waals surface area contributed by atoms with Gasteiger partial charge in [-0.1, -0.05) is 94.6 Å². The van der Waals surface area contributed by atoms with Crippen molar-refractivity contribution < 1.29 is 0 Å². The average Bonchev–Trinajstić information content (AvgIpc) is 3.09. The summed E-state index contributed by atoms with van der Waals surface area (Å²) >= 11 is 0. The predicted octanol–water partition coefficient (Wildman–Crippen LogP) is 10.1. The lowest BCUT2D eigenvalue weighted by Gasteiger charge is -2.44. The van der Waals surface area contributed by atoms with Gasteiger partial charge in [-0.3, -0.25) is 0 Å². The Morgan fingerprint density at radius 2 is 0.957 bits per heavy atom. The highest BCUT2D eigenvalue weighted by atomic mass is 15.2. The maximum Gasteiger partial charge on any atom is 0.252 e. The van der Waals surface area contributed by atoms with Crippen LogP contribution in [-0.2, 0) is 19.3 Å². The van der Waals surface area contributed by atoms with E-state index in [0.29, 0.717) is 0 Å². The van der Waals surface area contributed by atoms with Crippen molar-refractivity contribution >= 4 is 57.2 Å². The first-order valence-corrected chi connectivity index (χ1v) is 17.8. The lowest BCUT2D eigenvalue weighted by Crippen LogP contribution is -2.61. The highest BCUT2D eigenvalue weighted by molar-refractivity contribution is 7.00. The molecular formula is C43H47BN2. The second kappa shape index (κ2) is 13.2. The average molecular weight is 603 g/mol. The number of para-hydroxylation sites is 1. The van der Waals surface area contributed by atoms with E-state index in [4.69, 9.17) is 0 Å². The maximum atomic E-state index is 2.55. The lowest BCUT2D eigenvalue weighted by atomic mass is 9.33. The molecule has 0 N–H and O–H groups in total. The van der Waals surface area contributed by atoms with Crippen LogP contribution in [0.4, 0.5) is 34.1 Å². The summed E-state index contributed by atoms with van der Waals surface area (Å²) in [5.41, 5.74) is 17.4. The van der Waals surface area contributed by atoms with E-state index in [1.807, 2.05) is 0 Å². The van der Waals surface area contributed by atoms with E-state index < -0.39 is 0 Å². The van der Waals surface area contributed by atoms with Crippen molar-refractivity contribution in [1.29, 1.82) is 0 Å². The van der Waals surface area contributed by atoms with Gasteiger partial charge in [0.05, 0.1) is 0 Å². The molecule has 2 aliphatic heterocycles. The summed E-state index contributed by atoms with van der Waals surface area (Å²) in [5.74, 6) is 0. The van der Waals surface area contributed by atoms with Gasteiger partial charge < -0.3 is 9.80 Å². The molecule has 0 fully saturated rings. The third-order valence-corrected chi connectivity index (χ3v) is 10.0. The van der Waals surface area contributed by atoms with Crippen molar-refractivity contribution in [3.63, 3.8) is 0 Å². The minimum atomic E-state index is 0.179. The standard InChI is InChI=1S/C43H47BN2/c1-5-8-13-32-18-23-35(24-19-32)45-39-17-12-11-16-37(39)44-38-30-34(15-10-7-3)22-27-40(38)46(42-29-31(4)28-41(45)43(42)44)36-25-20-33(21-26-36)14-9-6-2/h11-12,16-30H,5-10,13-15H2,1-4H3. The summed E-state index contributed by atoms with van der Waals surface area (Å²) in [6.45, 7) is 9.27. The van der Waals surface area contributed by atoms with Crippen LogP contribution < -0.4 is 26.2 Å². The second-order valence-electron chi connectivity index (χ2n) is 13.4. The van der Waals surface area contributed by atoms with Gasteiger partial charge in [-0.2, -0.15) is 0 Å². The minimum absolute atomic E-state index is 0.179. The molecule has 0 spiro atoms. The topological polar surface area (TPSA) is 6.48 Å². The molecule has 46 heavy (non-hydrogen) atoms. The number of unbranched alkanes of at least 4 members (excludes halogenated alkanes) is 3. The van der Waals surface area contributed by atoms with Crippen LogP contribution in [0.2, 0.25) is 0 Å². The molecule has 0 radical (unpaired) electrons. The summed E-state index contributed by atoms with van der Waals surface area (Å²) in [6.07, 6.45) is 10.7. The van der Waals surface area contributed by atoms with Gasteiger partial charge in [0.25, 0.3) is 6.71 Å². The highest BCUT2D eigenvalue weighted by Gasteiger charge is 2.43. The van der Waals surface area contributed by atoms with Gasteiger partial charge in [-0.15, -0.1) is 0 Å². The number of anilines is 6. The van der Waals surface area contributed by atoms with E-state index in [1.54, 1.807) is 0 Å². The van der Waals surface area contributed by atoms with Crippen LogP contribution in [-0.4, -0.2) is 6.71 Å². The van der Waals surface area contributed by atoms with Crippen LogP contribution in [0.1, 0.15) is 81.5 Å². The summed E-state index contributed by atoms with van der Waals surface area (Å²) in [6, 6.07) is 40.0. The molecule has 7 rings (SSSR count). The Kier molecular flexibility index (Phi) is 8.76. The van der Waals surface area contributed by atoms with Gasteiger partial charge in [-0.05, 0) is 133 Å². The van der Waals surface area contributed by atoms with E-state index in [9.17, 15) is 0 Å². The molecule has 0 unspecified atom stereocenters. The Labute approximate surface area is 277 Å². The van der Waals surface area contributed by atoms with E-state index in [1.165, 1.54) is 111 Å². The van der Waals surface area contributed by atoms with Crippen molar-refractivity contribution in [2.24, 2.45) is 0 Å². The Hall–Kier alpha value is -4.24. The molecule has 0 bridgehead atoms. The molecule has 0 atom stereocenters. The van der Waals surface area contributed by atoms with E-state index in [-0.39, 0.29) is 6.71 Å². The number of benzene rings is 5. The van der Waals surface area contributed by atoms with Crippen LogP contribution >= 0.6 is 0 Å². The second-order valence-corrected chi connectivity index (χ2v) is 13.4. The van der Waals surface area contributed by atoms with Gasteiger partial charge in [0.15, 0.2) is 0 Å². The van der Waals surface area contributed by atoms with Crippen LogP contribution in [0.5, 0.6) is 0 Å². The van der Waals surface area contributed by atoms with Gasteiger partial charge >= 0.3 is 0 Å². The van der Waals surface area contributed by atoms with Crippen LogP contribution in [0.3, 0.4) is 0 Å². The smallest absolute Gasteiger partial charge is 0.252 e. The van der Waals surface area contributed by atoms with Crippen LogP contribution in [0.15, 0.2) is 103 Å². The molecule has 2 nitrogen and oxygen atoms in total. The molecule has 2 heterocycles. The fourth-order valence-corrected chi connectivity index (χ4v) is 7.62. The van der Waals surface area contributed by atoms with E-state index in [2.05, 4.69) is 141 Å². The number of aryl methyl sites for hydroxylation is 4. The molecule has 0 amide bonds. The minimum Gasteiger partial charge on any atom is -0.311 e. The molecule has 0 saturated heterocycles. The Balaban J connectivity index is 1.44. The molecular weight excluding hydrogens is 555 g/mol. The molecule has 5 aromatic carbocycles. The SMILES string of the molecule is CCCCc1ccc(N2c3ccccc3B3c4cc(CCCC)ccc4N(c4ccc(CCCC)cc4)c4cc(C)cc2c43)cc1. The number of fused-ring (bicyclic) bond motifs is 4. The Morgan fingerprint density at radius 3 is 1.50 bits per heavy atom. The number of nitrogens with zero attached hydrogens (tertiary/aromatic N) is 2. The highest BCUT2D eigenvalue weighted by Crippen LogP contribution is 2.44. The Morgan fingerprint density at radius 1 is 0.478 bits per heavy atom. The lowest BCUT2D eigenvalue weighted by molar-refractivity contribution is 0.795. The van der Waals surface area contributed by atoms with Gasteiger partial charge in [-0.25, -0.2) is 0 Å². The summed E-state index contributed by atoms with van der Waals surface area (Å²) in [4.78, 5) is 5.07. The molecule has 0 saturated carbocycles. The molecule has 232 valence electrons. The zero-order valence-corrected chi connectivity index (χ0v) is 28.2. The monoisotopic (exact) mass is 602 g/mol. The first-order valence-electron chi connectivity index (χ1n) is 17.8. The third kappa shape index (κ3) is 5.55. The summed E-state index contributed by atoms with van der Waals surface area (Å²) in [5, 5.41) is 0. The fraction of sp³-hybridized carbons (Fsp3) is 0.302. The van der Waals surface area contributed by atoms with E-state index >= 15 is 0 Å². The summed E-state index contributed by atoms with van der Waals surface area (Å²) in [7, 11) is 0. The van der Waals surface area contributed by atoms with Gasteiger partial charge in [0, 0.05) is 34.1 Å². The zero-order valence-electron chi connectivity index (χ0n) is 28.2. The largest absolute Gasteiger partial charge is 0.311 e. The fourth-order valence-electron chi connectivity index (χ4n) is 7.62. The normalized spacial score (nSPS) is 13.0. The van der Waals surface area contributed by atoms with Crippen molar-refractivity contribution in [3.8, 4) is 0 Å². The Bertz CT molecular complexity index is 1800.